The van der Waals surface area contributed by atoms with E-state index >= 15 is 0 Å². The van der Waals surface area contributed by atoms with E-state index in [-0.39, 0.29) is 0 Å². The third-order valence-corrected chi connectivity index (χ3v) is 4.22. The minimum absolute atomic E-state index is 0.294. The van der Waals surface area contributed by atoms with E-state index in [1.54, 1.807) is 0 Å². The molecule has 2 aromatic rings. The average Bonchev–Trinajstić information content (AvgIpc) is 2.78. The van der Waals surface area contributed by atoms with Crippen LogP contribution in [0.2, 0.25) is 0 Å². The third kappa shape index (κ3) is 2.40. The van der Waals surface area contributed by atoms with E-state index in [1.807, 2.05) is 0 Å². The molecule has 0 fully saturated rings. The quantitative estimate of drug-likeness (QED) is 0.721. The van der Waals surface area contributed by atoms with Crippen molar-refractivity contribution in [2.75, 3.05) is 13.2 Å². The molecule has 3 heteroatoms. The van der Waals surface area contributed by atoms with Crippen LogP contribution in [0.25, 0.3) is 10.9 Å². The molecule has 1 aliphatic rings. The van der Waals surface area contributed by atoms with Crippen LogP contribution in [0.4, 0.5) is 0 Å². The molecule has 1 heterocycles. The van der Waals surface area contributed by atoms with Gasteiger partial charge in [0.2, 0.25) is 0 Å². The topological polar surface area (TPSA) is 52.6 Å². The zero-order valence-corrected chi connectivity index (χ0v) is 11.6. The smallest absolute Gasteiger partial charge is 0.127 e. The number of fused-ring (bicyclic) bond motifs is 3. The van der Waals surface area contributed by atoms with Gasteiger partial charge in [-0.05, 0) is 37.5 Å². The Hall–Kier alpha value is -1.32. The summed E-state index contributed by atoms with van der Waals surface area (Å²) in [5.74, 6) is 0. The zero-order valence-electron chi connectivity index (χ0n) is 11.6. The van der Waals surface area contributed by atoms with Crippen molar-refractivity contribution in [2.45, 2.75) is 38.6 Å². The second-order valence-corrected chi connectivity index (χ2v) is 5.67. The van der Waals surface area contributed by atoms with E-state index in [0.29, 0.717) is 12.6 Å². The number of aryl methyl sites for hydroxylation is 2. The Kier molecular flexibility index (Phi) is 3.58. The first-order valence-corrected chi connectivity index (χ1v) is 7.35. The maximum absolute atomic E-state index is 8.91. The summed E-state index contributed by atoms with van der Waals surface area (Å²) in [4.78, 5) is 3.63. The van der Waals surface area contributed by atoms with Crippen molar-refractivity contribution in [3.05, 3.63) is 35.0 Å². The minimum Gasteiger partial charge on any atom is -0.396 e. The van der Waals surface area contributed by atoms with Crippen molar-refractivity contribution in [1.82, 2.24) is 4.98 Å². The normalized spacial score (nSPS) is 18.7. The highest BCUT2D eigenvalue weighted by Crippen LogP contribution is 2.33. The van der Waals surface area contributed by atoms with Crippen LogP contribution < -0.4 is 5.32 Å². The van der Waals surface area contributed by atoms with Gasteiger partial charge in [-0.2, -0.15) is 0 Å². The molecule has 4 N–H and O–H groups in total. The lowest BCUT2D eigenvalue weighted by atomic mass is 9.91. The summed E-state index contributed by atoms with van der Waals surface area (Å²) in [5.41, 5.74) is 5.55. The fraction of sp³-hybridized carbons (Fsp3) is 0.500. The Morgan fingerprint density at radius 1 is 1.42 bits per heavy atom. The Balaban J connectivity index is 1.93. The van der Waals surface area contributed by atoms with Crippen LogP contribution in [0.1, 0.15) is 42.1 Å². The molecule has 3 nitrogen and oxygen atoms in total. The molecule has 0 saturated heterocycles. The fourth-order valence-electron chi connectivity index (χ4n) is 3.26. The molecule has 19 heavy (non-hydrogen) atoms. The van der Waals surface area contributed by atoms with E-state index in [4.69, 9.17) is 5.11 Å². The standard InChI is InChI=1S/C16H22N2O/c1-11-6-7-14-13(10-11)12-4-2-5-15(16(12)18-14)17-8-3-9-19/h6-7,10,15,17-19H,2-5,8-9H2,1H3/p+1. The lowest BCUT2D eigenvalue weighted by Gasteiger charge is -2.20. The molecule has 0 saturated carbocycles. The highest BCUT2D eigenvalue weighted by atomic mass is 16.3. The molecule has 0 radical (unpaired) electrons. The first-order chi connectivity index (χ1) is 9.29. The maximum Gasteiger partial charge on any atom is 0.127 e. The number of rotatable bonds is 4. The van der Waals surface area contributed by atoms with E-state index in [2.05, 4.69) is 35.4 Å². The second-order valence-electron chi connectivity index (χ2n) is 5.67. The predicted molar refractivity (Wildman–Crippen MR) is 77.2 cm³/mol. The molecule has 1 aromatic carbocycles. The van der Waals surface area contributed by atoms with Gasteiger partial charge in [-0.1, -0.05) is 11.6 Å². The van der Waals surface area contributed by atoms with Gasteiger partial charge in [0.25, 0.3) is 0 Å². The summed E-state index contributed by atoms with van der Waals surface area (Å²) < 4.78 is 0. The number of quaternary nitrogens is 1. The van der Waals surface area contributed by atoms with Crippen molar-refractivity contribution >= 4 is 10.9 Å². The number of aromatic amines is 1. The number of hydrogen-bond donors (Lipinski definition) is 3. The van der Waals surface area contributed by atoms with Crippen LogP contribution in [-0.4, -0.2) is 23.2 Å². The summed E-state index contributed by atoms with van der Waals surface area (Å²) in [5, 5.41) is 12.7. The molecular weight excluding hydrogens is 236 g/mol. The van der Waals surface area contributed by atoms with Gasteiger partial charge in [0.15, 0.2) is 0 Å². The van der Waals surface area contributed by atoms with Gasteiger partial charge < -0.3 is 15.4 Å². The lowest BCUT2D eigenvalue weighted by molar-refractivity contribution is -0.698. The van der Waals surface area contributed by atoms with Crippen molar-refractivity contribution in [3.8, 4) is 0 Å². The van der Waals surface area contributed by atoms with Gasteiger partial charge in [-0.15, -0.1) is 0 Å². The molecule has 0 spiro atoms. The Labute approximate surface area is 114 Å². The number of aliphatic hydroxyl groups is 1. The number of hydrogen-bond acceptors (Lipinski definition) is 1. The van der Waals surface area contributed by atoms with E-state index in [1.165, 1.54) is 47.0 Å². The van der Waals surface area contributed by atoms with Gasteiger partial charge in [0.05, 0.1) is 12.2 Å². The lowest BCUT2D eigenvalue weighted by Crippen LogP contribution is -2.85. The molecular formula is C16H23N2O+. The molecule has 3 rings (SSSR count). The van der Waals surface area contributed by atoms with Gasteiger partial charge in [-0.25, -0.2) is 0 Å². The van der Waals surface area contributed by atoms with E-state index in [0.717, 1.165) is 13.0 Å². The SMILES string of the molecule is Cc1ccc2[nH]c3c(c2c1)CCCC3[NH2+]CCCO. The number of H-pyrrole nitrogens is 1. The maximum atomic E-state index is 8.91. The predicted octanol–water partition coefficient (Wildman–Crippen LogP) is 1.80. The van der Waals surface area contributed by atoms with Gasteiger partial charge >= 0.3 is 0 Å². The first-order valence-electron chi connectivity index (χ1n) is 7.35. The number of aliphatic hydroxyl groups excluding tert-OH is 1. The Bertz CT molecular complexity index is 573. The minimum atomic E-state index is 0.294. The van der Waals surface area contributed by atoms with Crippen molar-refractivity contribution < 1.29 is 10.4 Å². The van der Waals surface area contributed by atoms with Crippen LogP contribution >= 0.6 is 0 Å². The molecule has 0 bridgehead atoms. The number of nitrogens with two attached hydrogens (primary N) is 1. The molecule has 102 valence electrons. The Morgan fingerprint density at radius 3 is 3.16 bits per heavy atom. The molecule has 1 aliphatic carbocycles. The van der Waals surface area contributed by atoms with Crippen LogP contribution in [0, 0.1) is 6.92 Å². The highest BCUT2D eigenvalue weighted by molar-refractivity contribution is 5.85. The molecule has 1 atom stereocenters. The largest absolute Gasteiger partial charge is 0.396 e. The van der Waals surface area contributed by atoms with Crippen LogP contribution in [0.3, 0.4) is 0 Å². The van der Waals surface area contributed by atoms with Gasteiger partial charge in [-0.3, -0.25) is 0 Å². The molecule has 1 aromatic heterocycles. The highest BCUT2D eigenvalue weighted by Gasteiger charge is 2.26. The van der Waals surface area contributed by atoms with Crippen LogP contribution in [0.5, 0.6) is 0 Å². The molecule has 0 aliphatic heterocycles. The summed E-state index contributed by atoms with van der Waals surface area (Å²) in [6, 6.07) is 7.23. The summed E-state index contributed by atoms with van der Waals surface area (Å²) in [6.07, 6.45) is 4.59. The van der Waals surface area contributed by atoms with E-state index < -0.39 is 0 Å². The first kappa shape index (κ1) is 12.7. The summed E-state index contributed by atoms with van der Waals surface area (Å²) >= 11 is 0. The zero-order chi connectivity index (χ0) is 13.2. The summed E-state index contributed by atoms with van der Waals surface area (Å²) in [7, 11) is 0. The number of benzene rings is 1. The van der Waals surface area contributed by atoms with Crippen LogP contribution in [0.15, 0.2) is 18.2 Å². The Morgan fingerprint density at radius 2 is 2.32 bits per heavy atom. The average molecular weight is 259 g/mol. The van der Waals surface area contributed by atoms with Crippen molar-refractivity contribution in [2.24, 2.45) is 0 Å². The van der Waals surface area contributed by atoms with Crippen molar-refractivity contribution in [1.29, 1.82) is 0 Å². The summed E-state index contributed by atoms with van der Waals surface area (Å²) in [6.45, 7) is 3.46. The van der Waals surface area contributed by atoms with Crippen molar-refractivity contribution in [3.63, 3.8) is 0 Å². The van der Waals surface area contributed by atoms with Gasteiger partial charge in [0.1, 0.15) is 6.04 Å². The number of nitrogens with one attached hydrogen (secondary N) is 1. The van der Waals surface area contributed by atoms with Gasteiger partial charge in [0, 0.05) is 30.4 Å². The van der Waals surface area contributed by atoms with Crippen LogP contribution in [-0.2, 0) is 6.42 Å². The van der Waals surface area contributed by atoms with E-state index in [9.17, 15) is 0 Å². The fourth-order valence-corrected chi connectivity index (χ4v) is 3.26. The monoisotopic (exact) mass is 259 g/mol. The second kappa shape index (κ2) is 5.35. The molecule has 0 amide bonds. The number of aromatic nitrogens is 1. The molecule has 1 unspecified atom stereocenters. The third-order valence-electron chi connectivity index (χ3n) is 4.22.